The molecule has 2 aliphatic carbocycles. The van der Waals surface area contributed by atoms with Crippen molar-refractivity contribution in [3.05, 3.63) is 0 Å². The van der Waals surface area contributed by atoms with Crippen LogP contribution in [0.5, 0.6) is 0 Å². The molecule has 2 saturated carbocycles. The van der Waals surface area contributed by atoms with Crippen LogP contribution in [0.3, 0.4) is 0 Å². The van der Waals surface area contributed by atoms with Gasteiger partial charge in [0.05, 0.1) is 6.10 Å². The normalized spacial score (nSPS) is 34.5. The smallest absolute Gasteiger partial charge is 0.0572 e. The van der Waals surface area contributed by atoms with Gasteiger partial charge in [-0.3, -0.25) is 0 Å². The second-order valence-electron chi connectivity index (χ2n) is 4.92. The van der Waals surface area contributed by atoms with Crippen molar-refractivity contribution in [3.63, 3.8) is 0 Å². The van der Waals surface area contributed by atoms with Crippen molar-refractivity contribution in [1.82, 2.24) is 4.90 Å². The van der Waals surface area contributed by atoms with Crippen LogP contribution in [-0.2, 0) is 4.74 Å². The summed E-state index contributed by atoms with van der Waals surface area (Å²) in [6.45, 7) is 0. The minimum Gasteiger partial charge on any atom is -0.381 e. The molecule has 0 atom stereocenters. The monoisotopic (exact) mass is 197 g/mol. The molecular weight excluding hydrogens is 174 g/mol. The summed E-state index contributed by atoms with van der Waals surface area (Å²) in [5.41, 5.74) is 0. The Morgan fingerprint density at radius 2 is 1.50 bits per heavy atom. The number of nitrogens with zero attached hydrogens (tertiary/aromatic N) is 1. The van der Waals surface area contributed by atoms with Gasteiger partial charge in [0, 0.05) is 19.2 Å². The van der Waals surface area contributed by atoms with Crippen molar-refractivity contribution in [2.75, 3.05) is 14.2 Å². The van der Waals surface area contributed by atoms with Crippen LogP contribution < -0.4 is 0 Å². The van der Waals surface area contributed by atoms with E-state index in [0.29, 0.717) is 6.10 Å². The van der Waals surface area contributed by atoms with Crippen LogP contribution in [0.15, 0.2) is 0 Å². The Hall–Kier alpha value is -0.0800. The Morgan fingerprint density at radius 1 is 0.929 bits per heavy atom. The molecule has 0 radical (unpaired) electrons. The summed E-state index contributed by atoms with van der Waals surface area (Å²) >= 11 is 0. The van der Waals surface area contributed by atoms with Gasteiger partial charge in [0.2, 0.25) is 0 Å². The van der Waals surface area contributed by atoms with E-state index >= 15 is 0 Å². The fraction of sp³-hybridized carbons (Fsp3) is 1.00. The van der Waals surface area contributed by atoms with Crippen LogP contribution in [0, 0.1) is 0 Å². The molecule has 0 aromatic carbocycles. The molecule has 0 bridgehead atoms. The molecule has 2 fully saturated rings. The molecule has 2 rings (SSSR count). The summed E-state index contributed by atoms with van der Waals surface area (Å²) in [4.78, 5) is 2.63. The lowest BCUT2D eigenvalue weighted by molar-refractivity contribution is 0.0230. The van der Waals surface area contributed by atoms with E-state index in [0.717, 1.165) is 12.1 Å². The average Bonchev–Trinajstić information content (AvgIpc) is 2.15. The maximum atomic E-state index is 5.40. The van der Waals surface area contributed by atoms with E-state index in [1.807, 2.05) is 7.11 Å². The van der Waals surface area contributed by atoms with E-state index in [-0.39, 0.29) is 0 Å². The van der Waals surface area contributed by atoms with Gasteiger partial charge in [0.25, 0.3) is 0 Å². The highest BCUT2D eigenvalue weighted by atomic mass is 16.5. The van der Waals surface area contributed by atoms with Crippen molar-refractivity contribution in [2.45, 2.75) is 63.1 Å². The quantitative estimate of drug-likeness (QED) is 0.689. The predicted octanol–water partition coefficient (Wildman–Crippen LogP) is 2.43. The van der Waals surface area contributed by atoms with Crippen LogP contribution in [0.2, 0.25) is 0 Å². The molecule has 0 aromatic rings. The minimum atomic E-state index is 0.543. The molecule has 0 amide bonds. The van der Waals surface area contributed by atoms with Crippen molar-refractivity contribution in [1.29, 1.82) is 0 Å². The van der Waals surface area contributed by atoms with Gasteiger partial charge in [-0.1, -0.05) is 6.42 Å². The third-order valence-corrected chi connectivity index (χ3v) is 4.20. The van der Waals surface area contributed by atoms with Crippen LogP contribution in [0.4, 0.5) is 0 Å². The topological polar surface area (TPSA) is 12.5 Å². The highest BCUT2D eigenvalue weighted by Crippen LogP contribution is 2.31. The maximum Gasteiger partial charge on any atom is 0.0572 e. The van der Waals surface area contributed by atoms with Gasteiger partial charge >= 0.3 is 0 Å². The SMILES string of the molecule is COC1CCC(N(C)C2CCC2)CC1. The fourth-order valence-electron chi connectivity index (χ4n) is 2.78. The third-order valence-electron chi connectivity index (χ3n) is 4.20. The molecule has 0 saturated heterocycles. The molecule has 14 heavy (non-hydrogen) atoms. The highest BCUT2D eigenvalue weighted by Gasteiger charge is 2.30. The van der Waals surface area contributed by atoms with Gasteiger partial charge < -0.3 is 9.64 Å². The van der Waals surface area contributed by atoms with E-state index in [2.05, 4.69) is 11.9 Å². The van der Waals surface area contributed by atoms with Gasteiger partial charge in [-0.05, 0) is 45.6 Å². The van der Waals surface area contributed by atoms with Gasteiger partial charge in [-0.15, -0.1) is 0 Å². The second-order valence-corrected chi connectivity index (χ2v) is 4.92. The summed E-state index contributed by atoms with van der Waals surface area (Å²) in [7, 11) is 4.17. The molecule has 0 aliphatic heterocycles. The summed E-state index contributed by atoms with van der Waals surface area (Å²) in [5, 5.41) is 0. The summed E-state index contributed by atoms with van der Waals surface area (Å²) < 4.78 is 5.40. The van der Waals surface area contributed by atoms with Crippen LogP contribution >= 0.6 is 0 Å². The molecule has 0 spiro atoms. The molecule has 2 nitrogen and oxygen atoms in total. The molecule has 0 heterocycles. The molecule has 0 N–H and O–H groups in total. The van der Waals surface area contributed by atoms with Crippen LogP contribution in [0.25, 0.3) is 0 Å². The van der Waals surface area contributed by atoms with E-state index in [9.17, 15) is 0 Å². The molecule has 2 heteroatoms. The predicted molar refractivity (Wildman–Crippen MR) is 58.5 cm³/mol. The van der Waals surface area contributed by atoms with Crippen LogP contribution in [0.1, 0.15) is 44.9 Å². The Labute approximate surface area is 87.6 Å². The number of methoxy groups -OCH3 is 1. The lowest BCUT2D eigenvalue weighted by atomic mass is 9.86. The van der Waals surface area contributed by atoms with Gasteiger partial charge in [-0.25, -0.2) is 0 Å². The number of rotatable bonds is 3. The summed E-state index contributed by atoms with van der Waals surface area (Å²) in [6, 6.07) is 1.74. The first kappa shape index (κ1) is 10.4. The molecule has 0 unspecified atom stereocenters. The Morgan fingerprint density at radius 3 is 1.93 bits per heavy atom. The fourth-order valence-corrected chi connectivity index (χ4v) is 2.78. The maximum absolute atomic E-state index is 5.40. The Bertz CT molecular complexity index is 171. The standard InChI is InChI=1S/C12H23NO/c1-13(10-4-3-5-10)11-6-8-12(14-2)9-7-11/h10-12H,3-9H2,1-2H3. The Balaban J connectivity index is 1.76. The number of hydrogen-bond donors (Lipinski definition) is 0. The van der Waals surface area contributed by atoms with Crippen molar-refractivity contribution in [2.24, 2.45) is 0 Å². The average molecular weight is 197 g/mol. The molecule has 2 aliphatic rings. The van der Waals surface area contributed by atoms with Gasteiger partial charge in [0.15, 0.2) is 0 Å². The largest absolute Gasteiger partial charge is 0.381 e. The Kier molecular flexibility index (Phi) is 3.45. The first-order chi connectivity index (χ1) is 6.81. The minimum absolute atomic E-state index is 0.543. The zero-order valence-electron chi connectivity index (χ0n) is 9.54. The number of hydrogen-bond acceptors (Lipinski definition) is 2. The van der Waals surface area contributed by atoms with E-state index in [4.69, 9.17) is 4.74 Å². The molecule has 82 valence electrons. The van der Waals surface area contributed by atoms with Crippen molar-refractivity contribution < 1.29 is 4.74 Å². The van der Waals surface area contributed by atoms with Gasteiger partial charge in [-0.2, -0.15) is 0 Å². The lowest BCUT2D eigenvalue weighted by Gasteiger charge is -2.42. The summed E-state index contributed by atoms with van der Waals surface area (Å²) in [5.74, 6) is 0. The zero-order chi connectivity index (χ0) is 9.97. The van der Waals surface area contributed by atoms with Gasteiger partial charge in [0.1, 0.15) is 0 Å². The first-order valence-electron chi connectivity index (χ1n) is 6.06. The first-order valence-corrected chi connectivity index (χ1v) is 6.06. The lowest BCUT2D eigenvalue weighted by Crippen LogP contribution is -2.45. The number of ether oxygens (including phenoxy) is 1. The van der Waals surface area contributed by atoms with Crippen molar-refractivity contribution >= 4 is 0 Å². The van der Waals surface area contributed by atoms with Crippen molar-refractivity contribution in [3.8, 4) is 0 Å². The van der Waals surface area contributed by atoms with E-state index in [1.54, 1.807) is 0 Å². The summed E-state index contributed by atoms with van der Waals surface area (Å²) in [6.07, 6.45) is 10.1. The second kappa shape index (κ2) is 4.63. The highest BCUT2D eigenvalue weighted by molar-refractivity contribution is 4.85. The van der Waals surface area contributed by atoms with E-state index < -0.39 is 0 Å². The molecular formula is C12H23NO. The third kappa shape index (κ3) is 2.12. The molecule has 0 aromatic heterocycles. The zero-order valence-corrected chi connectivity index (χ0v) is 9.54. The van der Waals surface area contributed by atoms with Crippen LogP contribution in [-0.4, -0.2) is 37.2 Å². The van der Waals surface area contributed by atoms with E-state index in [1.165, 1.54) is 44.9 Å².